The molecule has 0 aliphatic heterocycles. The minimum atomic E-state index is 0.566. The molecule has 1 aromatic carbocycles. The second-order valence-corrected chi connectivity index (χ2v) is 4.56. The van der Waals surface area contributed by atoms with Crippen LogP contribution in [0.15, 0.2) is 59.6 Å². The zero-order valence-corrected chi connectivity index (χ0v) is 10.9. The molecule has 0 atom stereocenters. The summed E-state index contributed by atoms with van der Waals surface area (Å²) in [6.45, 7) is 0. The molecular formula is C13H9BrN4. The quantitative estimate of drug-likeness (QED) is 0.730. The van der Waals surface area contributed by atoms with Gasteiger partial charge in [0.1, 0.15) is 0 Å². The van der Waals surface area contributed by atoms with E-state index in [1.54, 1.807) is 29.3 Å². The first-order chi connectivity index (χ1) is 8.84. The highest BCUT2D eigenvalue weighted by atomic mass is 79.9. The fraction of sp³-hybridized carbons (Fsp3) is 0. The smallest absolute Gasteiger partial charge is 0.220 e. The molecule has 0 aliphatic rings. The Kier molecular flexibility index (Phi) is 2.90. The Bertz CT molecular complexity index is 664. The van der Waals surface area contributed by atoms with Crippen LogP contribution in [0.1, 0.15) is 0 Å². The Morgan fingerprint density at radius 1 is 1.00 bits per heavy atom. The van der Waals surface area contributed by atoms with Gasteiger partial charge >= 0.3 is 0 Å². The van der Waals surface area contributed by atoms with Crippen LogP contribution in [0.4, 0.5) is 0 Å². The number of halogens is 1. The molecule has 0 N–H and O–H groups in total. The minimum Gasteiger partial charge on any atom is -0.220 e. The molecule has 18 heavy (non-hydrogen) atoms. The van der Waals surface area contributed by atoms with Crippen molar-refractivity contribution in [1.29, 1.82) is 0 Å². The second kappa shape index (κ2) is 4.70. The van der Waals surface area contributed by atoms with Crippen molar-refractivity contribution in [3.63, 3.8) is 0 Å². The lowest BCUT2D eigenvalue weighted by molar-refractivity contribution is 0.808. The minimum absolute atomic E-state index is 0.566. The zero-order valence-electron chi connectivity index (χ0n) is 9.36. The van der Waals surface area contributed by atoms with Crippen molar-refractivity contribution < 1.29 is 0 Å². The monoisotopic (exact) mass is 300 g/mol. The van der Waals surface area contributed by atoms with E-state index in [1.807, 2.05) is 30.5 Å². The van der Waals surface area contributed by atoms with E-state index < -0.39 is 0 Å². The van der Waals surface area contributed by atoms with Crippen molar-refractivity contribution in [1.82, 2.24) is 19.7 Å². The van der Waals surface area contributed by atoms with E-state index in [0.29, 0.717) is 5.95 Å². The van der Waals surface area contributed by atoms with Crippen LogP contribution in [-0.4, -0.2) is 19.7 Å². The highest BCUT2D eigenvalue weighted by Crippen LogP contribution is 2.27. The van der Waals surface area contributed by atoms with Crippen molar-refractivity contribution in [2.75, 3.05) is 0 Å². The third kappa shape index (κ3) is 2.04. The summed E-state index contributed by atoms with van der Waals surface area (Å²) in [6.07, 6.45) is 7.11. The van der Waals surface area contributed by atoms with E-state index in [0.717, 1.165) is 15.6 Å². The maximum Gasteiger partial charge on any atom is 0.250 e. The molecule has 4 nitrogen and oxygen atoms in total. The first-order valence-corrected chi connectivity index (χ1v) is 6.21. The Hall–Kier alpha value is -2.01. The van der Waals surface area contributed by atoms with Gasteiger partial charge in [-0.3, -0.25) is 0 Å². The number of rotatable bonds is 2. The molecule has 0 saturated heterocycles. The van der Waals surface area contributed by atoms with Crippen LogP contribution in [0.3, 0.4) is 0 Å². The second-order valence-electron chi connectivity index (χ2n) is 3.70. The van der Waals surface area contributed by atoms with Gasteiger partial charge in [0.05, 0.1) is 6.20 Å². The topological polar surface area (TPSA) is 43.6 Å². The fourth-order valence-corrected chi connectivity index (χ4v) is 2.19. The van der Waals surface area contributed by atoms with Gasteiger partial charge in [0.2, 0.25) is 5.95 Å². The first kappa shape index (κ1) is 11.1. The molecule has 2 heterocycles. The van der Waals surface area contributed by atoms with Crippen LogP contribution in [0, 0.1) is 0 Å². The standard InChI is InChI=1S/C13H9BrN4/c14-12-5-2-1-4-11(12)10-8-17-18(9-10)13-15-6-3-7-16-13/h1-9H. The summed E-state index contributed by atoms with van der Waals surface area (Å²) >= 11 is 3.53. The molecule has 88 valence electrons. The Morgan fingerprint density at radius 2 is 1.78 bits per heavy atom. The molecule has 5 heteroatoms. The van der Waals surface area contributed by atoms with Gasteiger partial charge in [-0.1, -0.05) is 34.1 Å². The van der Waals surface area contributed by atoms with Crippen molar-refractivity contribution in [3.05, 3.63) is 59.6 Å². The highest BCUT2D eigenvalue weighted by molar-refractivity contribution is 9.10. The van der Waals surface area contributed by atoms with E-state index in [-0.39, 0.29) is 0 Å². The van der Waals surface area contributed by atoms with Gasteiger partial charge in [0.15, 0.2) is 0 Å². The van der Waals surface area contributed by atoms with E-state index in [2.05, 4.69) is 31.0 Å². The molecule has 0 amide bonds. The maximum absolute atomic E-state index is 4.27. The molecule has 0 spiro atoms. The Morgan fingerprint density at radius 3 is 2.56 bits per heavy atom. The highest BCUT2D eigenvalue weighted by Gasteiger charge is 2.06. The predicted octanol–water partition coefficient (Wildman–Crippen LogP) is 3.09. The number of nitrogens with zero attached hydrogens (tertiary/aromatic N) is 4. The normalized spacial score (nSPS) is 10.5. The lowest BCUT2D eigenvalue weighted by atomic mass is 10.1. The van der Waals surface area contributed by atoms with Gasteiger partial charge < -0.3 is 0 Å². The van der Waals surface area contributed by atoms with Gasteiger partial charge in [-0.15, -0.1) is 0 Å². The van der Waals surface area contributed by atoms with Crippen LogP contribution < -0.4 is 0 Å². The largest absolute Gasteiger partial charge is 0.250 e. The average molecular weight is 301 g/mol. The lowest BCUT2D eigenvalue weighted by Gasteiger charge is -2.00. The van der Waals surface area contributed by atoms with E-state index in [4.69, 9.17) is 0 Å². The lowest BCUT2D eigenvalue weighted by Crippen LogP contribution is -1.99. The van der Waals surface area contributed by atoms with Gasteiger partial charge in [-0.05, 0) is 17.7 Å². The third-order valence-electron chi connectivity index (χ3n) is 2.52. The summed E-state index contributed by atoms with van der Waals surface area (Å²) < 4.78 is 2.70. The first-order valence-electron chi connectivity index (χ1n) is 5.41. The molecule has 0 saturated carbocycles. The summed E-state index contributed by atoms with van der Waals surface area (Å²) in [5.74, 6) is 0.566. The van der Waals surface area contributed by atoms with E-state index in [9.17, 15) is 0 Å². The Balaban J connectivity index is 2.03. The zero-order chi connectivity index (χ0) is 12.4. The summed E-state index contributed by atoms with van der Waals surface area (Å²) in [4.78, 5) is 8.31. The molecule has 0 radical (unpaired) electrons. The van der Waals surface area contributed by atoms with Gasteiger partial charge in [-0.2, -0.15) is 5.10 Å². The molecule has 3 rings (SSSR count). The average Bonchev–Trinajstić information content (AvgIpc) is 2.90. The van der Waals surface area contributed by atoms with Crippen molar-refractivity contribution in [2.24, 2.45) is 0 Å². The third-order valence-corrected chi connectivity index (χ3v) is 3.22. The summed E-state index contributed by atoms with van der Waals surface area (Å²) in [5, 5.41) is 4.27. The van der Waals surface area contributed by atoms with Crippen LogP contribution in [-0.2, 0) is 0 Å². The summed E-state index contributed by atoms with van der Waals surface area (Å²) in [6, 6.07) is 9.80. The van der Waals surface area contributed by atoms with Crippen LogP contribution >= 0.6 is 15.9 Å². The molecule has 3 aromatic rings. The van der Waals surface area contributed by atoms with Crippen molar-refractivity contribution in [2.45, 2.75) is 0 Å². The maximum atomic E-state index is 4.27. The summed E-state index contributed by atoms with van der Waals surface area (Å²) in [5.41, 5.74) is 2.12. The molecule has 2 aromatic heterocycles. The van der Waals surface area contributed by atoms with Crippen LogP contribution in [0.2, 0.25) is 0 Å². The summed E-state index contributed by atoms with van der Waals surface area (Å²) in [7, 11) is 0. The van der Waals surface area contributed by atoms with Gasteiger partial charge in [-0.25, -0.2) is 14.6 Å². The predicted molar refractivity (Wildman–Crippen MR) is 72.3 cm³/mol. The van der Waals surface area contributed by atoms with Crippen molar-refractivity contribution in [3.8, 4) is 17.1 Å². The number of hydrogen-bond donors (Lipinski definition) is 0. The molecule has 0 aliphatic carbocycles. The Labute approximate surface area is 112 Å². The molecule has 0 bridgehead atoms. The van der Waals surface area contributed by atoms with Gasteiger partial charge in [0, 0.05) is 28.6 Å². The van der Waals surface area contributed by atoms with Gasteiger partial charge in [0.25, 0.3) is 0 Å². The van der Waals surface area contributed by atoms with Crippen molar-refractivity contribution >= 4 is 15.9 Å². The molecule has 0 fully saturated rings. The molecule has 0 unspecified atom stereocenters. The van der Waals surface area contributed by atoms with E-state index >= 15 is 0 Å². The fourth-order valence-electron chi connectivity index (χ4n) is 1.68. The van der Waals surface area contributed by atoms with Crippen LogP contribution in [0.5, 0.6) is 0 Å². The molecular weight excluding hydrogens is 292 g/mol. The number of aromatic nitrogens is 4. The number of hydrogen-bond acceptors (Lipinski definition) is 3. The van der Waals surface area contributed by atoms with Crippen LogP contribution in [0.25, 0.3) is 17.1 Å². The number of benzene rings is 1. The van der Waals surface area contributed by atoms with E-state index in [1.165, 1.54) is 0 Å². The SMILES string of the molecule is Brc1ccccc1-c1cnn(-c2ncccn2)c1.